The van der Waals surface area contributed by atoms with Gasteiger partial charge in [0.15, 0.2) is 0 Å². The Morgan fingerprint density at radius 1 is 1.36 bits per heavy atom. The summed E-state index contributed by atoms with van der Waals surface area (Å²) in [5.41, 5.74) is 0. The van der Waals surface area contributed by atoms with Crippen molar-refractivity contribution in [3.63, 3.8) is 0 Å². The van der Waals surface area contributed by atoms with Crippen molar-refractivity contribution in [3.8, 4) is 0 Å². The van der Waals surface area contributed by atoms with Crippen LogP contribution in [-0.2, 0) is 9.09 Å². The first-order valence-electron chi connectivity index (χ1n) is 5.66. The molecule has 1 atom stereocenters. The highest BCUT2D eigenvalue weighted by Crippen LogP contribution is 2.45. The minimum atomic E-state index is -2.29. The predicted octanol–water partition coefficient (Wildman–Crippen LogP) is 2.46. The number of nitrogens with one attached hydrogen (secondary N) is 1. The third kappa shape index (κ3) is 3.72. The monoisotopic (exact) mass is 219 g/mol. The fourth-order valence-electron chi connectivity index (χ4n) is 1.70. The van der Waals surface area contributed by atoms with Crippen LogP contribution in [0, 0.1) is 0 Å². The van der Waals surface area contributed by atoms with Crippen LogP contribution in [0.15, 0.2) is 0 Å². The molecule has 0 radical (unpaired) electrons. The topological polar surface area (TPSA) is 38.3 Å². The summed E-state index contributed by atoms with van der Waals surface area (Å²) in [4.78, 5) is 0. The lowest BCUT2D eigenvalue weighted by molar-refractivity contribution is 0.240. The van der Waals surface area contributed by atoms with Crippen LogP contribution in [0.1, 0.15) is 33.1 Å². The van der Waals surface area contributed by atoms with E-state index in [1.807, 2.05) is 13.8 Å². The molecular weight excluding hydrogens is 197 g/mol. The lowest BCUT2D eigenvalue weighted by atomic mass is 10.1. The van der Waals surface area contributed by atoms with E-state index < -0.39 is 7.37 Å². The average molecular weight is 219 g/mol. The Bertz CT molecular complexity index is 194. The van der Waals surface area contributed by atoms with Crippen molar-refractivity contribution in [2.24, 2.45) is 0 Å². The molecule has 84 valence electrons. The number of hydrogen-bond acceptors (Lipinski definition) is 3. The van der Waals surface area contributed by atoms with Gasteiger partial charge in [-0.2, -0.15) is 0 Å². The molecule has 3 nitrogen and oxygen atoms in total. The second-order valence-corrected chi connectivity index (χ2v) is 7.04. The molecule has 1 heterocycles. The molecule has 1 saturated heterocycles. The van der Waals surface area contributed by atoms with E-state index in [9.17, 15) is 4.57 Å². The van der Waals surface area contributed by atoms with Crippen LogP contribution in [-0.4, -0.2) is 31.5 Å². The molecule has 14 heavy (non-hydrogen) atoms. The van der Waals surface area contributed by atoms with Crippen molar-refractivity contribution in [1.82, 2.24) is 5.32 Å². The highest BCUT2D eigenvalue weighted by Gasteiger charge is 2.21. The molecule has 0 bridgehead atoms. The van der Waals surface area contributed by atoms with E-state index in [1.165, 1.54) is 12.8 Å². The lowest BCUT2D eigenvalue weighted by Gasteiger charge is -2.25. The minimum absolute atomic E-state index is 0.426. The summed E-state index contributed by atoms with van der Waals surface area (Å²) in [6, 6.07) is 0.426. The van der Waals surface area contributed by atoms with Crippen molar-refractivity contribution in [3.05, 3.63) is 0 Å². The van der Waals surface area contributed by atoms with Crippen LogP contribution in [0.25, 0.3) is 0 Å². The lowest BCUT2D eigenvalue weighted by Crippen LogP contribution is -2.37. The molecule has 1 aliphatic heterocycles. The summed E-state index contributed by atoms with van der Waals surface area (Å²) in [5, 5.41) is 3.39. The largest absolute Gasteiger partial charge is 0.327 e. The summed E-state index contributed by atoms with van der Waals surface area (Å²) in [7, 11) is -2.29. The van der Waals surface area contributed by atoms with Gasteiger partial charge in [0, 0.05) is 18.4 Å². The zero-order valence-corrected chi connectivity index (χ0v) is 10.2. The fraction of sp³-hybridized carbons (Fsp3) is 1.00. The molecule has 1 N–H and O–H groups in total. The van der Waals surface area contributed by atoms with E-state index in [1.54, 1.807) is 0 Å². The normalized spacial score (nSPS) is 23.7. The highest BCUT2D eigenvalue weighted by molar-refractivity contribution is 7.58. The Morgan fingerprint density at radius 3 is 2.57 bits per heavy atom. The maximum atomic E-state index is 11.9. The van der Waals surface area contributed by atoms with Gasteiger partial charge in [0.2, 0.25) is 7.37 Å². The summed E-state index contributed by atoms with van der Waals surface area (Å²) in [5.74, 6) is 0. The van der Waals surface area contributed by atoms with Gasteiger partial charge in [-0.3, -0.25) is 4.57 Å². The van der Waals surface area contributed by atoms with Gasteiger partial charge in [-0.15, -0.1) is 0 Å². The third-order valence-corrected chi connectivity index (χ3v) is 5.43. The summed E-state index contributed by atoms with van der Waals surface area (Å²) in [6.07, 6.45) is 5.01. The molecule has 0 aliphatic carbocycles. The zero-order valence-electron chi connectivity index (χ0n) is 9.29. The van der Waals surface area contributed by atoms with Gasteiger partial charge in [0.1, 0.15) is 0 Å². The summed E-state index contributed by atoms with van der Waals surface area (Å²) < 4.78 is 17.5. The Balaban J connectivity index is 2.27. The van der Waals surface area contributed by atoms with Crippen LogP contribution >= 0.6 is 7.37 Å². The molecule has 0 aromatic heterocycles. The molecule has 0 saturated carbocycles. The van der Waals surface area contributed by atoms with Crippen molar-refractivity contribution in [2.75, 3.05) is 25.5 Å². The standard InChI is InChI=1S/C10H22NO2P/c1-3-14(12,4-2)13-9-10-7-5-6-8-11-10/h10-11H,3-9H2,1-2H3. The smallest absolute Gasteiger partial charge is 0.202 e. The van der Waals surface area contributed by atoms with Crippen LogP contribution < -0.4 is 5.32 Å². The Labute approximate surface area is 87.1 Å². The van der Waals surface area contributed by atoms with Crippen molar-refractivity contribution in [2.45, 2.75) is 39.2 Å². The molecule has 0 aromatic rings. The Hall–Kier alpha value is 0.150. The summed E-state index contributed by atoms with van der Waals surface area (Å²) >= 11 is 0. The van der Waals surface area contributed by atoms with E-state index in [4.69, 9.17) is 4.52 Å². The summed E-state index contributed by atoms with van der Waals surface area (Å²) in [6.45, 7) is 5.59. The molecule has 1 unspecified atom stereocenters. The van der Waals surface area contributed by atoms with Crippen LogP contribution in [0.3, 0.4) is 0 Å². The maximum Gasteiger partial charge on any atom is 0.202 e. The third-order valence-electron chi connectivity index (χ3n) is 2.89. The molecule has 0 aromatic carbocycles. The second kappa shape index (κ2) is 5.89. The van der Waals surface area contributed by atoms with E-state index in [-0.39, 0.29) is 0 Å². The van der Waals surface area contributed by atoms with E-state index in [0.29, 0.717) is 25.0 Å². The SMILES string of the molecule is CCP(=O)(CC)OCC1CCCCN1. The van der Waals surface area contributed by atoms with Gasteiger partial charge in [-0.05, 0) is 19.4 Å². The maximum absolute atomic E-state index is 11.9. The zero-order chi connectivity index (χ0) is 10.4. The molecule has 1 aliphatic rings. The van der Waals surface area contributed by atoms with Crippen molar-refractivity contribution >= 4 is 7.37 Å². The molecule has 1 rings (SSSR count). The average Bonchev–Trinajstić information content (AvgIpc) is 2.27. The fourth-order valence-corrected chi connectivity index (χ4v) is 2.96. The molecular formula is C10H22NO2P. The van der Waals surface area contributed by atoms with Crippen molar-refractivity contribution in [1.29, 1.82) is 0 Å². The highest BCUT2D eigenvalue weighted by atomic mass is 31.2. The number of rotatable bonds is 5. The molecule has 0 amide bonds. The molecule has 4 heteroatoms. The quantitative estimate of drug-likeness (QED) is 0.722. The minimum Gasteiger partial charge on any atom is -0.327 e. The van der Waals surface area contributed by atoms with Crippen LogP contribution in [0.5, 0.6) is 0 Å². The van der Waals surface area contributed by atoms with Gasteiger partial charge >= 0.3 is 0 Å². The van der Waals surface area contributed by atoms with Crippen molar-refractivity contribution < 1.29 is 9.09 Å². The first-order valence-corrected chi connectivity index (χ1v) is 7.65. The van der Waals surface area contributed by atoms with Gasteiger partial charge in [-0.25, -0.2) is 0 Å². The Kier molecular flexibility index (Phi) is 5.14. The first-order chi connectivity index (χ1) is 6.70. The second-order valence-electron chi connectivity index (χ2n) is 3.89. The first kappa shape index (κ1) is 12.2. The van der Waals surface area contributed by atoms with E-state index >= 15 is 0 Å². The van der Waals surface area contributed by atoms with Gasteiger partial charge < -0.3 is 9.84 Å². The van der Waals surface area contributed by atoms with Crippen LogP contribution in [0.2, 0.25) is 0 Å². The predicted molar refractivity (Wildman–Crippen MR) is 60.3 cm³/mol. The molecule has 1 fully saturated rings. The Morgan fingerprint density at radius 2 is 2.07 bits per heavy atom. The van der Waals surface area contributed by atoms with Gasteiger partial charge in [-0.1, -0.05) is 20.3 Å². The van der Waals surface area contributed by atoms with Gasteiger partial charge in [0.25, 0.3) is 0 Å². The number of hydrogen-bond donors (Lipinski definition) is 1. The van der Waals surface area contributed by atoms with E-state index in [0.717, 1.165) is 13.0 Å². The van der Waals surface area contributed by atoms with Crippen LogP contribution in [0.4, 0.5) is 0 Å². The number of piperidine rings is 1. The molecule has 0 spiro atoms. The van der Waals surface area contributed by atoms with Gasteiger partial charge in [0.05, 0.1) is 6.61 Å². The van der Waals surface area contributed by atoms with E-state index in [2.05, 4.69) is 5.32 Å².